The molecule has 1 aliphatic heterocycles. The summed E-state index contributed by atoms with van der Waals surface area (Å²) in [5, 5.41) is 12.6. The molecule has 5 nitrogen and oxygen atoms in total. The number of hydrogen-bond donors (Lipinski definition) is 1. The number of hydrogen-bond acceptors (Lipinski definition) is 7. The van der Waals surface area contributed by atoms with Gasteiger partial charge in [-0.3, -0.25) is 9.80 Å². The van der Waals surface area contributed by atoms with Gasteiger partial charge in [-0.1, -0.05) is 6.07 Å². The Balaban J connectivity index is 1.59. The Bertz CT molecular complexity index is 614. The molecule has 132 valence electrons. The van der Waals surface area contributed by atoms with Gasteiger partial charge in [0.15, 0.2) is 5.13 Å². The molecule has 1 saturated heterocycles. The van der Waals surface area contributed by atoms with E-state index < -0.39 is 0 Å². The predicted molar refractivity (Wildman–Crippen MR) is 102 cm³/mol. The zero-order valence-corrected chi connectivity index (χ0v) is 16.0. The summed E-state index contributed by atoms with van der Waals surface area (Å²) < 4.78 is 0. The van der Waals surface area contributed by atoms with Crippen LogP contribution in [0.4, 0.5) is 5.13 Å². The van der Waals surface area contributed by atoms with E-state index in [4.69, 9.17) is 0 Å². The highest BCUT2D eigenvalue weighted by Gasteiger charge is 2.27. The number of nitrogens with zero attached hydrogens (tertiary/aromatic N) is 4. The van der Waals surface area contributed by atoms with Gasteiger partial charge < -0.3 is 10.0 Å². The monoisotopic (exact) mass is 366 g/mol. The van der Waals surface area contributed by atoms with Crippen molar-refractivity contribution in [1.29, 1.82) is 0 Å². The van der Waals surface area contributed by atoms with Gasteiger partial charge in [-0.25, -0.2) is 4.98 Å². The van der Waals surface area contributed by atoms with Crippen LogP contribution in [0.1, 0.15) is 16.2 Å². The van der Waals surface area contributed by atoms with Crippen LogP contribution < -0.4 is 4.90 Å². The molecule has 0 aromatic carbocycles. The number of aliphatic hydroxyl groups excluding tert-OH is 1. The molecular weight excluding hydrogens is 340 g/mol. The van der Waals surface area contributed by atoms with E-state index in [1.165, 1.54) is 9.75 Å². The van der Waals surface area contributed by atoms with Crippen LogP contribution in [0.25, 0.3) is 0 Å². The molecule has 1 fully saturated rings. The van der Waals surface area contributed by atoms with Crippen LogP contribution in [0, 0.1) is 0 Å². The highest BCUT2D eigenvalue weighted by molar-refractivity contribution is 7.15. The lowest BCUT2D eigenvalue weighted by Gasteiger charge is -2.41. The van der Waals surface area contributed by atoms with Crippen LogP contribution in [0.15, 0.2) is 23.7 Å². The Kier molecular flexibility index (Phi) is 6.24. The average Bonchev–Trinajstić information content (AvgIpc) is 3.22. The van der Waals surface area contributed by atoms with E-state index in [1.807, 2.05) is 31.6 Å². The Morgan fingerprint density at radius 2 is 2.17 bits per heavy atom. The van der Waals surface area contributed by atoms with Crippen LogP contribution in [-0.2, 0) is 13.1 Å². The quantitative estimate of drug-likeness (QED) is 0.815. The van der Waals surface area contributed by atoms with Gasteiger partial charge in [0, 0.05) is 75.4 Å². The lowest BCUT2D eigenvalue weighted by molar-refractivity contribution is 0.0511. The zero-order valence-electron chi connectivity index (χ0n) is 14.4. The van der Waals surface area contributed by atoms with Crippen LogP contribution in [0.3, 0.4) is 0 Å². The highest BCUT2D eigenvalue weighted by atomic mass is 32.1. The van der Waals surface area contributed by atoms with Crippen molar-refractivity contribution in [3.63, 3.8) is 0 Å². The first-order valence-corrected chi connectivity index (χ1v) is 10.1. The molecule has 1 N–H and O–H groups in total. The molecule has 1 unspecified atom stereocenters. The van der Waals surface area contributed by atoms with Crippen molar-refractivity contribution >= 4 is 27.8 Å². The van der Waals surface area contributed by atoms with E-state index in [-0.39, 0.29) is 6.61 Å². The highest BCUT2D eigenvalue weighted by Crippen LogP contribution is 2.24. The largest absolute Gasteiger partial charge is 0.396 e. The number of thiophene rings is 1. The van der Waals surface area contributed by atoms with Gasteiger partial charge in [-0.2, -0.15) is 0 Å². The van der Waals surface area contributed by atoms with E-state index in [9.17, 15) is 5.11 Å². The maximum Gasteiger partial charge on any atom is 0.185 e. The fraction of sp³-hybridized carbons (Fsp3) is 0.588. The van der Waals surface area contributed by atoms with Crippen molar-refractivity contribution in [3.05, 3.63) is 33.5 Å². The smallest absolute Gasteiger partial charge is 0.185 e. The molecule has 1 atom stereocenters. The number of rotatable bonds is 7. The van der Waals surface area contributed by atoms with Crippen LogP contribution in [0.5, 0.6) is 0 Å². The molecule has 0 saturated carbocycles. The van der Waals surface area contributed by atoms with Crippen molar-refractivity contribution in [3.8, 4) is 0 Å². The third-order valence-corrected chi connectivity index (χ3v) is 6.40. The summed E-state index contributed by atoms with van der Waals surface area (Å²) in [4.78, 5) is 14.3. The summed E-state index contributed by atoms with van der Waals surface area (Å²) in [6, 6.07) is 4.74. The van der Waals surface area contributed by atoms with Gasteiger partial charge in [-0.15, -0.1) is 22.7 Å². The molecular formula is C17H26N4OS2. The van der Waals surface area contributed by atoms with Crippen LogP contribution in [0.2, 0.25) is 0 Å². The second-order valence-corrected chi connectivity index (χ2v) is 8.58. The summed E-state index contributed by atoms with van der Waals surface area (Å²) in [7, 11) is 4.06. The van der Waals surface area contributed by atoms with Gasteiger partial charge in [0.2, 0.25) is 0 Å². The van der Waals surface area contributed by atoms with E-state index in [2.05, 4.69) is 37.2 Å². The van der Waals surface area contributed by atoms with E-state index >= 15 is 0 Å². The molecule has 2 aromatic rings. The normalized spacial score (nSPS) is 19.7. The third kappa shape index (κ3) is 4.55. The molecule has 3 rings (SSSR count). The fourth-order valence-electron chi connectivity index (χ4n) is 3.13. The minimum absolute atomic E-state index is 0.255. The summed E-state index contributed by atoms with van der Waals surface area (Å²) in [6.07, 6.45) is 2.84. The lowest BCUT2D eigenvalue weighted by atomic mass is 10.1. The van der Waals surface area contributed by atoms with E-state index in [0.29, 0.717) is 6.04 Å². The predicted octanol–water partition coefficient (Wildman–Crippen LogP) is 2.34. The molecule has 7 heteroatoms. The summed E-state index contributed by atoms with van der Waals surface area (Å²) in [5.74, 6) is 0. The second kappa shape index (κ2) is 8.40. The molecule has 24 heavy (non-hydrogen) atoms. The molecule has 0 radical (unpaired) electrons. The first kappa shape index (κ1) is 17.8. The van der Waals surface area contributed by atoms with Crippen molar-refractivity contribution in [1.82, 2.24) is 14.8 Å². The SMILES string of the molecule is CN(C)c1ncc(CN2CCN(Cc3cccs3)C(CCO)C2)s1. The molecule has 0 bridgehead atoms. The van der Waals surface area contributed by atoms with Gasteiger partial charge >= 0.3 is 0 Å². The number of aliphatic hydroxyl groups is 1. The first-order chi connectivity index (χ1) is 11.7. The minimum Gasteiger partial charge on any atom is -0.396 e. The number of thiazole rings is 1. The van der Waals surface area contributed by atoms with Crippen molar-refractivity contribution in [2.24, 2.45) is 0 Å². The van der Waals surface area contributed by atoms with Crippen molar-refractivity contribution in [2.75, 3.05) is 45.2 Å². The van der Waals surface area contributed by atoms with Crippen LogP contribution in [-0.4, -0.2) is 66.3 Å². The van der Waals surface area contributed by atoms with Crippen LogP contribution >= 0.6 is 22.7 Å². The fourth-order valence-corrected chi connectivity index (χ4v) is 4.74. The third-order valence-electron chi connectivity index (χ3n) is 4.39. The summed E-state index contributed by atoms with van der Waals surface area (Å²) in [6.45, 7) is 5.36. The average molecular weight is 367 g/mol. The van der Waals surface area contributed by atoms with E-state index in [1.54, 1.807) is 11.3 Å². The number of piperazine rings is 1. The molecule has 0 aliphatic carbocycles. The topological polar surface area (TPSA) is 42.8 Å². The first-order valence-electron chi connectivity index (χ1n) is 8.37. The van der Waals surface area contributed by atoms with Gasteiger partial charge in [-0.05, 0) is 17.9 Å². The minimum atomic E-state index is 0.255. The molecule has 0 amide bonds. The molecule has 3 heterocycles. The molecule has 1 aliphatic rings. The van der Waals surface area contributed by atoms with Gasteiger partial charge in [0.05, 0.1) is 0 Å². The van der Waals surface area contributed by atoms with Crippen molar-refractivity contribution in [2.45, 2.75) is 25.6 Å². The Morgan fingerprint density at radius 1 is 1.29 bits per heavy atom. The maximum atomic E-state index is 9.45. The standard InChI is InChI=1S/C17H26N4OS2/c1-19(2)17-18-10-16(24-17)12-20-6-7-21(14(11-20)5-8-22)13-15-4-3-9-23-15/h3-4,9-10,14,22H,5-8,11-13H2,1-2H3. The van der Waals surface area contributed by atoms with E-state index in [0.717, 1.165) is 44.3 Å². The number of aromatic nitrogens is 1. The summed E-state index contributed by atoms with van der Waals surface area (Å²) in [5.41, 5.74) is 0. The summed E-state index contributed by atoms with van der Waals surface area (Å²) >= 11 is 3.58. The molecule has 0 spiro atoms. The zero-order chi connectivity index (χ0) is 16.9. The Labute approximate surface area is 152 Å². The Hall–Kier alpha value is -0.990. The maximum absolute atomic E-state index is 9.45. The van der Waals surface area contributed by atoms with Crippen molar-refractivity contribution < 1.29 is 5.11 Å². The van der Waals surface area contributed by atoms with Gasteiger partial charge in [0.25, 0.3) is 0 Å². The number of anilines is 1. The van der Waals surface area contributed by atoms with Gasteiger partial charge in [0.1, 0.15) is 0 Å². The molecule has 2 aromatic heterocycles. The second-order valence-electron chi connectivity index (χ2n) is 6.45. The Morgan fingerprint density at radius 3 is 2.83 bits per heavy atom. The lowest BCUT2D eigenvalue weighted by Crippen LogP contribution is -2.52.